The number of amides is 1. The third-order valence-corrected chi connectivity index (χ3v) is 4.66. The van der Waals surface area contributed by atoms with Crippen molar-refractivity contribution in [2.24, 2.45) is 5.10 Å². The molecule has 0 unspecified atom stereocenters. The molecule has 0 bridgehead atoms. The first-order valence-electron chi connectivity index (χ1n) is 8.10. The number of aryl methyl sites for hydroxylation is 1. The van der Waals surface area contributed by atoms with Gasteiger partial charge in [0, 0.05) is 32.8 Å². The van der Waals surface area contributed by atoms with Gasteiger partial charge in [-0.15, -0.1) is 0 Å². The average Bonchev–Trinajstić information content (AvgIpc) is 2.90. The highest BCUT2D eigenvalue weighted by Crippen LogP contribution is 2.21. The topological polar surface area (TPSA) is 72.4 Å². The molecule has 0 aliphatic heterocycles. The van der Waals surface area contributed by atoms with Gasteiger partial charge < -0.3 is 10.3 Å². The van der Waals surface area contributed by atoms with E-state index in [0.717, 1.165) is 27.1 Å². The van der Waals surface area contributed by atoms with Crippen molar-refractivity contribution in [3.8, 4) is 5.69 Å². The molecule has 0 aliphatic carbocycles. The maximum absolute atomic E-state index is 12.2. The van der Waals surface area contributed by atoms with Crippen LogP contribution in [-0.4, -0.2) is 16.7 Å². The molecule has 0 radical (unpaired) electrons. The zero-order valence-electron chi connectivity index (χ0n) is 14.5. The van der Waals surface area contributed by atoms with Crippen molar-refractivity contribution in [2.75, 3.05) is 5.73 Å². The lowest BCUT2D eigenvalue weighted by atomic mass is 10.2. The summed E-state index contributed by atoms with van der Waals surface area (Å²) in [6.07, 6.45) is 1.65. The van der Waals surface area contributed by atoms with Crippen LogP contribution in [-0.2, 0) is 0 Å². The van der Waals surface area contributed by atoms with Crippen LogP contribution in [0.3, 0.4) is 0 Å². The van der Waals surface area contributed by atoms with Gasteiger partial charge in [0.25, 0.3) is 5.91 Å². The summed E-state index contributed by atoms with van der Waals surface area (Å²) in [6.45, 7) is 4.06. The predicted molar refractivity (Wildman–Crippen MR) is 109 cm³/mol. The van der Waals surface area contributed by atoms with Crippen molar-refractivity contribution in [1.82, 2.24) is 9.99 Å². The second-order valence-electron chi connectivity index (χ2n) is 5.92. The van der Waals surface area contributed by atoms with Crippen molar-refractivity contribution < 1.29 is 4.79 Å². The Morgan fingerprint density at radius 3 is 2.54 bits per heavy atom. The van der Waals surface area contributed by atoms with Crippen LogP contribution in [0, 0.1) is 13.8 Å². The molecule has 0 fully saturated rings. The summed E-state index contributed by atoms with van der Waals surface area (Å²) in [5.41, 5.74) is 13.3. The summed E-state index contributed by atoms with van der Waals surface area (Å²) in [4.78, 5) is 12.2. The van der Waals surface area contributed by atoms with E-state index >= 15 is 0 Å². The van der Waals surface area contributed by atoms with Crippen molar-refractivity contribution in [3.05, 3.63) is 81.6 Å². The van der Waals surface area contributed by atoms with E-state index < -0.39 is 0 Å². The highest BCUT2D eigenvalue weighted by atomic mass is 79.9. The second-order valence-corrected chi connectivity index (χ2v) is 6.84. The summed E-state index contributed by atoms with van der Waals surface area (Å²) >= 11 is 3.45. The SMILES string of the molecule is Cc1cc(/C=N\NC(=O)c2ccccc2N)c(C)n1-c1ccc(Br)cc1. The third-order valence-electron chi connectivity index (χ3n) is 4.13. The van der Waals surface area contributed by atoms with Crippen molar-refractivity contribution in [3.63, 3.8) is 0 Å². The minimum atomic E-state index is -0.332. The van der Waals surface area contributed by atoms with Gasteiger partial charge in [-0.3, -0.25) is 4.79 Å². The number of nitrogen functional groups attached to an aromatic ring is 1. The lowest BCUT2D eigenvalue weighted by Gasteiger charge is -2.09. The number of hydrogen-bond acceptors (Lipinski definition) is 3. The molecule has 1 heterocycles. The molecule has 132 valence electrons. The van der Waals surface area contributed by atoms with Gasteiger partial charge in [-0.25, -0.2) is 5.43 Å². The molecular weight excluding hydrogens is 392 g/mol. The van der Waals surface area contributed by atoms with Crippen LogP contribution in [0.25, 0.3) is 5.69 Å². The molecular formula is C20H19BrN4O. The Morgan fingerprint density at radius 1 is 1.15 bits per heavy atom. The van der Waals surface area contributed by atoms with Crippen LogP contribution in [0.15, 0.2) is 64.2 Å². The number of carbonyl (C=O) groups is 1. The molecule has 5 nitrogen and oxygen atoms in total. The molecule has 0 saturated heterocycles. The number of hydrazone groups is 1. The summed E-state index contributed by atoms with van der Waals surface area (Å²) in [5.74, 6) is -0.332. The molecule has 1 aromatic heterocycles. The van der Waals surface area contributed by atoms with Gasteiger partial charge in [0.05, 0.1) is 11.8 Å². The largest absolute Gasteiger partial charge is 0.398 e. The highest BCUT2D eigenvalue weighted by molar-refractivity contribution is 9.10. The van der Waals surface area contributed by atoms with Gasteiger partial charge in [0.2, 0.25) is 0 Å². The first kappa shape index (κ1) is 17.9. The lowest BCUT2D eigenvalue weighted by Crippen LogP contribution is -2.19. The number of aromatic nitrogens is 1. The fraction of sp³-hybridized carbons (Fsp3) is 0.100. The number of nitrogens with zero attached hydrogens (tertiary/aromatic N) is 2. The van der Waals surface area contributed by atoms with Crippen LogP contribution in [0.4, 0.5) is 5.69 Å². The number of carbonyl (C=O) groups excluding carboxylic acids is 1. The number of nitrogens with two attached hydrogens (primary N) is 1. The van der Waals surface area contributed by atoms with E-state index in [1.807, 2.05) is 44.2 Å². The van der Waals surface area contributed by atoms with Crippen molar-refractivity contribution >= 4 is 33.7 Å². The molecule has 0 spiro atoms. The number of benzene rings is 2. The number of halogens is 1. The van der Waals surface area contributed by atoms with Gasteiger partial charge in [-0.1, -0.05) is 28.1 Å². The van der Waals surface area contributed by atoms with Gasteiger partial charge in [0.1, 0.15) is 0 Å². The highest BCUT2D eigenvalue weighted by Gasteiger charge is 2.10. The first-order valence-corrected chi connectivity index (χ1v) is 8.89. The zero-order chi connectivity index (χ0) is 18.7. The normalized spacial score (nSPS) is 11.0. The van der Waals surface area contributed by atoms with E-state index in [4.69, 9.17) is 5.73 Å². The van der Waals surface area contributed by atoms with Gasteiger partial charge in [-0.2, -0.15) is 5.10 Å². The van der Waals surface area contributed by atoms with Gasteiger partial charge >= 0.3 is 0 Å². The van der Waals surface area contributed by atoms with E-state index in [9.17, 15) is 4.79 Å². The summed E-state index contributed by atoms with van der Waals surface area (Å²) in [6, 6.07) is 17.0. The van der Waals surface area contributed by atoms with Crippen LogP contribution >= 0.6 is 15.9 Å². The number of nitrogens with one attached hydrogen (secondary N) is 1. The fourth-order valence-electron chi connectivity index (χ4n) is 2.83. The smallest absolute Gasteiger partial charge is 0.273 e. The second kappa shape index (κ2) is 7.58. The Labute approximate surface area is 160 Å². The Kier molecular flexibility index (Phi) is 5.23. The first-order chi connectivity index (χ1) is 12.5. The Hall–Kier alpha value is -2.86. The molecule has 3 N–H and O–H groups in total. The maximum atomic E-state index is 12.2. The van der Waals surface area contributed by atoms with Crippen molar-refractivity contribution in [1.29, 1.82) is 0 Å². The quantitative estimate of drug-likeness (QED) is 0.384. The van der Waals surface area contributed by atoms with Crippen LogP contribution < -0.4 is 11.2 Å². The van der Waals surface area contributed by atoms with Crippen LogP contribution in [0.1, 0.15) is 27.3 Å². The number of anilines is 1. The van der Waals surface area contributed by atoms with Crippen LogP contribution in [0.5, 0.6) is 0 Å². The zero-order valence-corrected chi connectivity index (χ0v) is 16.1. The van der Waals surface area contributed by atoms with E-state index in [-0.39, 0.29) is 5.91 Å². The molecule has 26 heavy (non-hydrogen) atoms. The molecule has 0 aliphatic rings. The summed E-state index contributed by atoms with van der Waals surface area (Å²) in [5, 5.41) is 4.08. The summed E-state index contributed by atoms with van der Waals surface area (Å²) < 4.78 is 3.18. The molecule has 2 aromatic carbocycles. The third kappa shape index (κ3) is 3.70. The lowest BCUT2D eigenvalue weighted by molar-refractivity contribution is 0.0956. The predicted octanol–water partition coefficient (Wildman–Crippen LogP) is 4.20. The fourth-order valence-corrected chi connectivity index (χ4v) is 3.09. The molecule has 3 aromatic rings. The van der Waals surface area contributed by atoms with E-state index in [0.29, 0.717) is 11.3 Å². The standard InChI is InChI=1S/C20H19BrN4O/c1-13-11-15(14(2)25(13)17-9-7-16(21)8-10-17)12-23-24-20(26)18-5-3-4-6-19(18)22/h3-12H,22H2,1-2H3,(H,24,26)/b23-12-. The van der Waals surface area contributed by atoms with Gasteiger partial charge in [-0.05, 0) is 56.3 Å². The maximum Gasteiger partial charge on any atom is 0.273 e. The molecule has 6 heteroatoms. The monoisotopic (exact) mass is 410 g/mol. The Morgan fingerprint density at radius 2 is 1.85 bits per heavy atom. The molecule has 3 rings (SSSR count). The molecule has 1 amide bonds. The Bertz CT molecular complexity index is 974. The average molecular weight is 411 g/mol. The minimum Gasteiger partial charge on any atom is -0.398 e. The summed E-state index contributed by atoms with van der Waals surface area (Å²) in [7, 11) is 0. The number of hydrogen-bond donors (Lipinski definition) is 2. The van der Waals surface area contributed by atoms with Crippen molar-refractivity contribution in [2.45, 2.75) is 13.8 Å². The molecule has 0 atom stereocenters. The Balaban J connectivity index is 1.79. The van der Waals surface area contributed by atoms with Crippen LogP contribution in [0.2, 0.25) is 0 Å². The molecule has 0 saturated carbocycles. The minimum absolute atomic E-state index is 0.332. The number of para-hydroxylation sites is 1. The number of rotatable bonds is 4. The van der Waals surface area contributed by atoms with Gasteiger partial charge in [0.15, 0.2) is 0 Å². The van der Waals surface area contributed by atoms with E-state index in [1.54, 1.807) is 30.5 Å². The van der Waals surface area contributed by atoms with E-state index in [1.165, 1.54) is 0 Å². The van der Waals surface area contributed by atoms with E-state index in [2.05, 4.69) is 31.0 Å².